The maximum atomic E-state index is 13.2. The Bertz CT molecular complexity index is 1090. The highest BCUT2D eigenvalue weighted by Gasteiger charge is 2.37. The normalized spacial score (nSPS) is 13.9. The molecule has 2 aromatic rings. The molecule has 33 heavy (non-hydrogen) atoms. The number of alkyl halides is 3. The molecule has 0 radical (unpaired) electrons. The second-order valence-corrected chi connectivity index (χ2v) is 9.53. The number of halogens is 3. The number of carbonyl (C=O) groups is 1. The number of ether oxygens (including phenoxy) is 1. The van der Waals surface area contributed by atoms with Crippen LogP contribution in [0.2, 0.25) is 0 Å². The van der Waals surface area contributed by atoms with E-state index < -0.39 is 27.7 Å². The van der Waals surface area contributed by atoms with Crippen LogP contribution in [0.25, 0.3) is 0 Å². The van der Waals surface area contributed by atoms with Gasteiger partial charge in [0.1, 0.15) is 12.4 Å². The fourth-order valence-corrected chi connectivity index (χ4v) is 4.13. The van der Waals surface area contributed by atoms with Gasteiger partial charge in [-0.05, 0) is 55.6 Å². The molecule has 180 valence electrons. The third kappa shape index (κ3) is 7.36. The van der Waals surface area contributed by atoms with Gasteiger partial charge in [-0.2, -0.15) is 13.2 Å². The molecule has 0 bridgehead atoms. The quantitative estimate of drug-likeness (QED) is 0.447. The third-order valence-corrected chi connectivity index (χ3v) is 5.66. The second kappa shape index (κ2) is 10.4. The number of fused-ring (bicyclic) bond motifs is 1. The average Bonchev–Trinajstić information content (AvgIpc) is 2.72. The lowest BCUT2D eigenvalue weighted by atomic mass is 9.97. The number of rotatable bonds is 10. The third-order valence-electron chi connectivity index (χ3n) is 5.05. The van der Waals surface area contributed by atoms with Crippen LogP contribution in [0.15, 0.2) is 36.4 Å². The fraction of sp³-hybridized carbons (Fsp3) is 0.409. The first-order valence-electron chi connectivity index (χ1n) is 10.5. The Morgan fingerprint density at radius 1 is 1.06 bits per heavy atom. The Morgan fingerprint density at radius 3 is 2.45 bits per heavy atom. The lowest BCUT2D eigenvalue weighted by Gasteiger charge is -2.24. The minimum atomic E-state index is -4.56. The number of hydrogen-bond donors (Lipinski definition) is 3. The van der Waals surface area contributed by atoms with E-state index in [9.17, 15) is 26.4 Å². The number of hydrogen-bond acceptors (Lipinski definition) is 5. The van der Waals surface area contributed by atoms with Gasteiger partial charge in [-0.15, -0.1) is 0 Å². The molecule has 0 atom stereocenters. The van der Waals surface area contributed by atoms with Crippen LogP contribution in [0.4, 0.5) is 24.5 Å². The summed E-state index contributed by atoms with van der Waals surface area (Å²) in [4.78, 5) is 11.6. The van der Waals surface area contributed by atoms with Gasteiger partial charge in [0.15, 0.2) is 0 Å². The molecule has 11 heteroatoms. The van der Waals surface area contributed by atoms with Crippen LogP contribution in [0, 0.1) is 0 Å². The second-order valence-electron chi connectivity index (χ2n) is 7.78. The molecule has 1 aliphatic rings. The molecule has 1 amide bonds. The van der Waals surface area contributed by atoms with Crippen molar-refractivity contribution in [3.63, 3.8) is 0 Å². The number of benzene rings is 2. The van der Waals surface area contributed by atoms with Crippen molar-refractivity contribution in [3.8, 4) is 5.75 Å². The SMILES string of the molecule is CS(=O)(=O)Nc1ccc(CCCNCCOc2ccc(C(F)(F)F)c3c2CCC(=O)N3)cc1. The molecular weight excluding hydrogens is 459 g/mol. The van der Waals surface area contributed by atoms with Gasteiger partial charge in [-0.1, -0.05) is 12.1 Å². The van der Waals surface area contributed by atoms with E-state index in [1.807, 2.05) is 12.1 Å². The van der Waals surface area contributed by atoms with Gasteiger partial charge < -0.3 is 15.4 Å². The Kier molecular flexibility index (Phi) is 7.85. The van der Waals surface area contributed by atoms with Crippen LogP contribution < -0.4 is 20.1 Å². The Labute approximate surface area is 190 Å². The van der Waals surface area contributed by atoms with E-state index in [1.165, 1.54) is 6.07 Å². The maximum Gasteiger partial charge on any atom is 0.418 e. The van der Waals surface area contributed by atoms with Crippen LogP contribution >= 0.6 is 0 Å². The first-order valence-corrected chi connectivity index (χ1v) is 12.4. The lowest BCUT2D eigenvalue weighted by Crippen LogP contribution is -2.25. The summed E-state index contributed by atoms with van der Waals surface area (Å²) in [7, 11) is -3.30. The summed E-state index contributed by atoms with van der Waals surface area (Å²) in [5.41, 5.74) is 0.892. The minimum absolute atomic E-state index is 0.119. The number of aryl methyl sites for hydroxylation is 1. The van der Waals surface area contributed by atoms with Gasteiger partial charge in [0.25, 0.3) is 0 Å². The summed E-state index contributed by atoms with van der Waals surface area (Å²) in [6.07, 6.45) is -1.49. The average molecular weight is 486 g/mol. The molecule has 7 nitrogen and oxygen atoms in total. The Morgan fingerprint density at radius 2 is 1.79 bits per heavy atom. The molecular formula is C22H26F3N3O4S. The van der Waals surface area contributed by atoms with Crippen molar-refractivity contribution < 1.29 is 31.1 Å². The van der Waals surface area contributed by atoms with Crippen molar-refractivity contribution in [2.24, 2.45) is 0 Å². The predicted molar refractivity (Wildman–Crippen MR) is 120 cm³/mol. The summed E-state index contributed by atoms with van der Waals surface area (Å²) in [6.45, 7) is 1.50. The predicted octanol–water partition coefficient (Wildman–Crippen LogP) is 3.56. The van der Waals surface area contributed by atoms with Gasteiger partial charge >= 0.3 is 6.18 Å². The van der Waals surface area contributed by atoms with E-state index in [-0.39, 0.29) is 25.1 Å². The molecule has 0 saturated carbocycles. The zero-order valence-corrected chi connectivity index (χ0v) is 18.9. The van der Waals surface area contributed by atoms with Crippen molar-refractivity contribution in [2.45, 2.75) is 31.9 Å². The number of anilines is 2. The molecule has 3 rings (SSSR count). The zero-order chi connectivity index (χ0) is 24.1. The summed E-state index contributed by atoms with van der Waals surface area (Å²) in [5, 5.41) is 5.56. The molecule has 0 aromatic heterocycles. The molecule has 2 aromatic carbocycles. The summed E-state index contributed by atoms with van der Waals surface area (Å²) >= 11 is 0. The first-order chi connectivity index (χ1) is 15.5. The minimum Gasteiger partial charge on any atom is -0.492 e. The maximum absolute atomic E-state index is 13.2. The molecule has 0 fully saturated rings. The van der Waals surface area contributed by atoms with E-state index in [1.54, 1.807) is 12.1 Å². The summed E-state index contributed by atoms with van der Waals surface area (Å²) < 4.78 is 70.3. The van der Waals surface area contributed by atoms with Gasteiger partial charge in [-0.25, -0.2) is 8.42 Å². The van der Waals surface area contributed by atoms with Gasteiger partial charge in [0.05, 0.1) is 17.5 Å². The number of sulfonamides is 1. The molecule has 1 heterocycles. The zero-order valence-electron chi connectivity index (χ0n) is 18.1. The van der Waals surface area contributed by atoms with Crippen molar-refractivity contribution in [2.75, 3.05) is 36.0 Å². The number of nitrogens with one attached hydrogen (secondary N) is 3. The van der Waals surface area contributed by atoms with Crippen LogP contribution in [-0.2, 0) is 33.8 Å². The number of carbonyl (C=O) groups excluding carboxylic acids is 1. The fourth-order valence-electron chi connectivity index (χ4n) is 3.56. The highest BCUT2D eigenvalue weighted by molar-refractivity contribution is 7.92. The van der Waals surface area contributed by atoms with Crippen molar-refractivity contribution in [3.05, 3.63) is 53.1 Å². The van der Waals surface area contributed by atoms with Crippen LogP contribution in [0.3, 0.4) is 0 Å². The van der Waals surface area contributed by atoms with Crippen molar-refractivity contribution >= 4 is 27.3 Å². The van der Waals surface area contributed by atoms with E-state index in [0.29, 0.717) is 30.1 Å². The molecule has 3 N–H and O–H groups in total. The molecule has 0 unspecified atom stereocenters. The molecule has 0 aliphatic carbocycles. The largest absolute Gasteiger partial charge is 0.492 e. The van der Waals surface area contributed by atoms with Crippen molar-refractivity contribution in [1.82, 2.24) is 5.32 Å². The van der Waals surface area contributed by atoms with Gasteiger partial charge in [-0.3, -0.25) is 9.52 Å². The standard InChI is InChI=1S/C22H26F3N3O4S/c1-33(30,31)28-16-6-4-15(5-7-16)3-2-12-26-13-14-32-19-10-9-18(22(23,24)25)21-17(19)8-11-20(29)27-21/h4-7,9-10,26,28H,2-3,8,11-14H2,1H3,(H,27,29). The van der Waals surface area contributed by atoms with Crippen LogP contribution in [0.1, 0.15) is 29.5 Å². The summed E-state index contributed by atoms with van der Waals surface area (Å²) in [6, 6.07) is 9.40. The smallest absolute Gasteiger partial charge is 0.418 e. The van der Waals surface area contributed by atoms with Crippen LogP contribution in [-0.4, -0.2) is 40.3 Å². The van der Waals surface area contributed by atoms with Gasteiger partial charge in [0, 0.05) is 24.2 Å². The summed E-state index contributed by atoms with van der Waals surface area (Å²) in [5.74, 6) is -0.0873. The Balaban J connectivity index is 1.43. The number of amides is 1. The highest BCUT2D eigenvalue weighted by Crippen LogP contribution is 2.42. The molecule has 1 aliphatic heterocycles. The van der Waals surface area contributed by atoms with Gasteiger partial charge in [0.2, 0.25) is 15.9 Å². The topological polar surface area (TPSA) is 96.5 Å². The Hall–Kier alpha value is -2.79. The van der Waals surface area contributed by atoms with E-state index >= 15 is 0 Å². The lowest BCUT2D eigenvalue weighted by molar-refractivity contribution is -0.137. The molecule has 0 spiro atoms. The van der Waals surface area contributed by atoms with E-state index in [4.69, 9.17) is 4.74 Å². The first kappa shape index (κ1) is 24.8. The molecule has 0 saturated heterocycles. The van der Waals surface area contributed by atoms with Crippen molar-refractivity contribution in [1.29, 1.82) is 0 Å². The highest BCUT2D eigenvalue weighted by atomic mass is 32.2. The van der Waals surface area contributed by atoms with E-state index in [2.05, 4.69) is 15.4 Å². The monoisotopic (exact) mass is 485 g/mol. The van der Waals surface area contributed by atoms with E-state index in [0.717, 1.165) is 30.7 Å². The van der Waals surface area contributed by atoms with Crippen LogP contribution in [0.5, 0.6) is 5.75 Å².